The van der Waals surface area contributed by atoms with Crippen molar-refractivity contribution in [1.29, 1.82) is 0 Å². The van der Waals surface area contributed by atoms with Gasteiger partial charge < -0.3 is 5.32 Å². The molecule has 0 aliphatic heterocycles. The van der Waals surface area contributed by atoms with Crippen molar-refractivity contribution in [2.24, 2.45) is 0 Å². The van der Waals surface area contributed by atoms with Crippen LogP contribution in [0.3, 0.4) is 0 Å². The van der Waals surface area contributed by atoms with Crippen molar-refractivity contribution in [2.45, 2.75) is 20.0 Å². The minimum Gasteiger partial charge on any atom is -0.377 e. The molecule has 0 spiro atoms. The molecule has 8 heteroatoms. The smallest absolute Gasteiger partial charge is 0.262 e. The fourth-order valence-corrected chi connectivity index (χ4v) is 4.16. The summed E-state index contributed by atoms with van der Waals surface area (Å²) in [7, 11) is 0. The molecule has 0 bridgehead atoms. The van der Waals surface area contributed by atoms with Crippen LogP contribution in [0.4, 0.5) is 5.69 Å². The Morgan fingerprint density at radius 3 is 2.55 bits per heavy atom. The van der Waals surface area contributed by atoms with Gasteiger partial charge in [-0.05, 0) is 37.3 Å². The molecule has 2 heterocycles. The lowest BCUT2D eigenvalue weighted by Gasteiger charge is -2.13. The molecule has 0 unspecified atom stereocenters. The summed E-state index contributed by atoms with van der Waals surface area (Å²) in [4.78, 5) is 26.0. The van der Waals surface area contributed by atoms with Gasteiger partial charge in [-0.15, -0.1) is 10.2 Å². The van der Waals surface area contributed by atoms with E-state index < -0.39 is 0 Å². The molecule has 0 saturated carbocycles. The number of benzene rings is 3. The molecular formula is C25H20ClN5O2. The molecule has 3 aromatic carbocycles. The van der Waals surface area contributed by atoms with Crippen molar-refractivity contribution < 1.29 is 4.79 Å². The van der Waals surface area contributed by atoms with Crippen molar-refractivity contribution in [3.63, 3.8) is 0 Å². The van der Waals surface area contributed by atoms with E-state index in [0.29, 0.717) is 51.9 Å². The van der Waals surface area contributed by atoms with Gasteiger partial charge in [-0.3, -0.25) is 18.6 Å². The molecule has 5 rings (SSSR count). The first kappa shape index (κ1) is 20.9. The zero-order valence-corrected chi connectivity index (χ0v) is 18.6. The number of anilines is 1. The van der Waals surface area contributed by atoms with Crippen LogP contribution < -0.4 is 10.9 Å². The van der Waals surface area contributed by atoms with E-state index >= 15 is 0 Å². The number of aryl methyl sites for hydroxylation is 1. The number of nitrogens with zero attached hydrogens (tertiary/aromatic N) is 4. The van der Waals surface area contributed by atoms with Crippen LogP contribution in [0.1, 0.15) is 28.7 Å². The molecule has 0 saturated heterocycles. The Balaban J connectivity index is 1.56. The number of aromatic nitrogens is 4. The topological polar surface area (TPSA) is 81.3 Å². The maximum Gasteiger partial charge on any atom is 0.262 e. The van der Waals surface area contributed by atoms with E-state index in [9.17, 15) is 9.59 Å². The second-order valence-electron chi connectivity index (χ2n) is 7.56. The third-order valence-corrected chi connectivity index (χ3v) is 5.83. The molecular weight excluding hydrogens is 438 g/mol. The van der Waals surface area contributed by atoms with Gasteiger partial charge in [-0.2, -0.15) is 0 Å². The van der Waals surface area contributed by atoms with E-state index in [1.54, 1.807) is 41.0 Å². The van der Waals surface area contributed by atoms with Gasteiger partial charge in [0.05, 0.1) is 17.4 Å². The van der Waals surface area contributed by atoms with Crippen LogP contribution >= 0.6 is 11.6 Å². The van der Waals surface area contributed by atoms with Crippen LogP contribution in [0.25, 0.3) is 16.7 Å². The summed E-state index contributed by atoms with van der Waals surface area (Å²) in [6.07, 6.45) is 0. The fraction of sp³-hybridized carbons (Fsp3) is 0.120. The second-order valence-corrected chi connectivity index (χ2v) is 7.99. The van der Waals surface area contributed by atoms with Crippen LogP contribution in [0.15, 0.2) is 77.6 Å². The van der Waals surface area contributed by atoms with Crippen LogP contribution in [-0.2, 0) is 13.1 Å². The number of ketones is 1. The van der Waals surface area contributed by atoms with Crippen LogP contribution in [0, 0.1) is 0 Å². The summed E-state index contributed by atoms with van der Waals surface area (Å²) in [5, 5.41) is 13.0. The fourth-order valence-electron chi connectivity index (χ4n) is 3.99. The SMILES string of the molecule is CCn1c(=O)c2ccccc2n2c(CNc3ccc(Cl)cc3C(=O)c3ccccc3)nnc12. The standard InChI is InChI=1S/C25H20ClN5O2/c1-2-30-24(33)18-10-6-7-11-21(18)31-22(28-29-25(30)31)15-27-20-13-12-17(26)14-19(20)23(32)16-8-4-3-5-9-16/h3-14,27H,2,15H2,1H3. The molecule has 33 heavy (non-hydrogen) atoms. The molecule has 2 aromatic heterocycles. The van der Waals surface area contributed by atoms with Crippen molar-refractivity contribution in [1.82, 2.24) is 19.2 Å². The molecule has 0 aliphatic rings. The normalized spacial score (nSPS) is 11.2. The van der Waals surface area contributed by atoms with Gasteiger partial charge in [-0.1, -0.05) is 54.1 Å². The van der Waals surface area contributed by atoms with Gasteiger partial charge in [0.1, 0.15) is 0 Å². The molecule has 0 amide bonds. The van der Waals surface area contributed by atoms with Gasteiger partial charge in [-0.25, -0.2) is 0 Å². The Kier molecular flexibility index (Phi) is 5.40. The van der Waals surface area contributed by atoms with Crippen LogP contribution in [0.2, 0.25) is 5.02 Å². The first-order chi connectivity index (χ1) is 16.1. The van der Waals surface area contributed by atoms with E-state index in [0.717, 1.165) is 5.52 Å². The summed E-state index contributed by atoms with van der Waals surface area (Å²) in [6, 6.07) is 21.6. The number of carbonyl (C=O) groups is 1. The number of rotatable bonds is 6. The van der Waals surface area contributed by atoms with Gasteiger partial charge in [0, 0.05) is 28.4 Å². The second kappa shape index (κ2) is 8.52. The van der Waals surface area contributed by atoms with Gasteiger partial charge in [0.2, 0.25) is 5.78 Å². The first-order valence-electron chi connectivity index (χ1n) is 10.6. The number of hydrogen-bond acceptors (Lipinski definition) is 5. The number of nitrogens with one attached hydrogen (secondary N) is 1. The number of carbonyl (C=O) groups excluding carboxylic acids is 1. The Labute approximate surface area is 194 Å². The summed E-state index contributed by atoms with van der Waals surface area (Å²) >= 11 is 6.20. The van der Waals surface area contributed by atoms with Crippen LogP contribution in [-0.4, -0.2) is 24.9 Å². The van der Waals surface area contributed by atoms with Crippen molar-refractivity contribution >= 4 is 39.8 Å². The monoisotopic (exact) mass is 457 g/mol. The Morgan fingerprint density at radius 1 is 1.00 bits per heavy atom. The predicted molar refractivity (Wildman–Crippen MR) is 129 cm³/mol. The van der Waals surface area contributed by atoms with Crippen LogP contribution in [0.5, 0.6) is 0 Å². The lowest BCUT2D eigenvalue weighted by molar-refractivity contribution is 0.103. The third-order valence-electron chi connectivity index (χ3n) is 5.59. The van der Waals surface area contributed by atoms with Gasteiger partial charge in [0.15, 0.2) is 11.6 Å². The highest BCUT2D eigenvalue weighted by Crippen LogP contribution is 2.24. The van der Waals surface area contributed by atoms with Crippen molar-refractivity contribution in [2.75, 3.05) is 5.32 Å². The highest BCUT2D eigenvalue weighted by molar-refractivity contribution is 6.31. The zero-order chi connectivity index (χ0) is 22.9. The number of fused-ring (bicyclic) bond motifs is 3. The number of para-hydroxylation sites is 1. The Bertz CT molecular complexity index is 1560. The minimum atomic E-state index is -0.128. The maximum absolute atomic E-state index is 13.1. The van der Waals surface area contributed by atoms with E-state index in [2.05, 4.69) is 15.5 Å². The lowest BCUT2D eigenvalue weighted by atomic mass is 10.0. The van der Waals surface area contributed by atoms with E-state index in [1.165, 1.54) is 0 Å². The highest BCUT2D eigenvalue weighted by atomic mass is 35.5. The van der Waals surface area contributed by atoms with Crippen molar-refractivity contribution in [3.8, 4) is 0 Å². The molecule has 0 radical (unpaired) electrons. The Hall–Kier alpha value is -3.97. The zero-order valence-electron chi connectivity index (χ0n) is 17.8. The summed E-state index contributed by atoms with van der Waals surface area (Å²) in [5.74, 6) is 0.975. The average Bonchev–Trinajstić information content (AvgIpc) is 3.27. The quantitative estimate of drug-likeness (QED) is 0.378. The molecule has 0 aliphatic carbocycles. The molecule has 0 fully saturated rings. The molecule has 7 nitrogen and oxygen atoms in total. The highest BCUT2D eigenvalue weighted by Gasteiger charge is 2.18. The van der Waals surface area contributed by atoms with E-state index in [1.807, 2.05) is 47.7 Å². The average molecular weight is 458 g/mol. The van der Waals surface area contributed by atoms with Gasteiger partial charge in [0.25, 0.3) is 5.56 Å². The Morgan fingerprint density at radius 2 is 1.76 bits per heavy atom. The molecule has 5 aromatic rings. The summed E-state index contributed by atoms with van der Waals surface area (Å²) in [6.45, 7) is 2.67. The largest absolute Gasteiger partial charge is 0.377 e. The first-order valence-corrected chi connectivity index (χ1v) is 10.9. The van der Waals surface area contributed by atoms with E-state index in [4.69, 9.17) is 11.6 Å². The van der Waals surface area contributed by atoms with E-state index in [-0.39, 0.29) is 11.3 Å². The molecule has 164 valence electrons. The lowest BCUT2D eigenvalue weighted by Crippen LogP contribution is -2.23. The number of hydrogen-bond donors (Lipinski definition) is 1. The maximum atomic E-state index is 13.1. The third kappa shape index (κ3) is 3.66. The summed E-state index contributed by atoms with van der Waals surface area (Å²) < 4.78 is 3.48. The van der Waals surface area contributed by atoms with Gasteiger partial charge >= 0.3 is 0 Å². The minimum absolute atomic E-state index is 0.0963. The van der Waals surface area contributed by atoms with Crippen molar-refractivity contribution in [3.05, 3.63) is 105 Å². The molecule has 0 atom stereocenters. The number of halogens is 1. The predicted octanol–water partition coefficient (Wildman–Crippen LogP) is 4.56. The molecule has 1 N–H and O–H groups in total. The summed E-state index contributed by atoms with van der Waals surface area (Å²) in [5.41, 5.74) is 2.33.